The van der Waals surface area contributed by atoms with Crippen molar-refractivity contribution in [2.24, 2.45) is 22.2 Å². The molecule has 0 aliphatic heterocycles. The van der Waals surface area contributed by atoms with Crippen molar-refractivity contribution in [3.63, 3.8) is 0 Å². The van der Waals surface area contributed by atoms with Gasteiger partial charge in [-0.25, -0.2) is 0 Å². The van der Waals surface area contributed by atoms with E-state index in [0.29, 0.717) is 5.92 Å². The molecule has 2 nitrogen and oxygen atoms in total. The maximum atomic E-state index is 11.4. The highest BCUT2D eigenvalue weighted by molar-refractivity contribution is 5.76. The molecule has 78 valence electrons. The van der Waals surface area contributed by atoms with E-state index in [1.807, 2.05) is 6.92 Å². The molecular weight excluding hydrogens is 176 g/mol. The minimum atomic E-state index is -0.424. The van der Waals surface area contributed by atoms with Crippen molar-refractivity contribution in [1.29, 1.82) is 0 Å². The van der Waals surface area contributed by atoms with E-state index in [-0.39, 0.29) is 10.8 Å². The van der Waals surface area contributed by atoms with Crippen molar-refractivity contribution in [2.45, 2.75) is 40.0 Å². The first-order chi connectivity index (χ1) is 6.43. The Morgan fingerprint density at radius 3 is 2.14 bits per heavy atom. The van der Waals surface area contributed by atoms with Crippen LogP contribution in [0.5, 0.6) is 0 Å². The van der Waals surface area contributed by atoms with Crippen LogP contribution in [0.1, 0.15) is 40.0 Å². The summed E-state index contributed by atoms with van der Waals surface area (Å²) in [5, 5.41) is 0. The monoisotopic (exact) mass is 194 g/mol. The quantitative estimate of drug-likeness (QED) is 0.632. The summed E-state index contributed by atoms with van der Waals surface area (Å²) >= 11 is 0. The number of fused-ring (bicyclic) bond motifs is 2. The highest BCUT2D eigenvalue weighted by Crippen LogP contribution is 2.72. The lowest BCUT2D eigenvalue weighted by atomic mass is 9.33. The summed E-state index contributed by atoms with van der Waals surface area (Å²) in [5.41, 5.74) is -0.791. The number of carbonyl (C=O) groups excluding carboxylic acids is 2. The van der Waals surface area contributed by atoms with Gasteiger partial charge in [-0.1, -0.05) is 20.8 Å². The smallest absolute Gasteiger partial charge is 0.127 e. The summed E-state index contributed by atoms with van der Waals surface area (Å²) in [5.74, 6) is 0.640. The van der Waals surface area contributed by atoms with Crippen LogP contribution in [0, 0.1) is 22.2 Å². The van der Waals surface area contributed by atoms with Gasteiger partial charge in [0, 0.05) is 10.8 Å². The molecule has 3 aliphatic carbocycles. The molecule has 0 N–H and O–H groups in total. The SMILES string of the molecule is CC1(C=O)CCC2CC1(C=O)C2(C)C. The van der Waals surface area contributed by atoms with E-state index in [9.17, 15) is 9.59 Å². The molecule has 2 bridgehead atoms. The van der Waals surface area contributed by atoms with E-state index < -0.39 is 5.41 Å². The predicted octanol–water partition coefficient (Wildman–Crippen LogP) is 2.22. The molecule has 0 aromatic carbocycles. The standard InChI is InChI=1S/C12H18O2/c1-10(2)9-4-5-11(3,7-13)12(10,6-9)8-14/h7-9H,4-6H2,1-3H3. The van der Waals surface area contributed by atoms with Crippen LogP contribution in [0.2, 0.25) is 0 Å². The van der Waals surface area contributed by atoms with Crippen LogP contribution in [0.3, 0.4) is 0 Å². The third kappa shape index (κ3) is 0.745. The summed E-state index contributed by atoms with van der Waals surface area (Å²) in [6.07, 6.45) is 4.95. The second-order valence-corrected chi connectivity index (χ2v) is 5.79. The predicted molar refractivity (Wildman–Crippen MR) is 53.8 cm³/mol. The van der Waals surface area contributed by atoms with Crippen LogP contribution in [-0.2, 0) is 9.59 Å². The molecule has 0 amide bonds. The highest BCUT2D eigenvalue weighted by Gasteiger charge is 2.70. The molecule has 3 aliphatic rings. The van der Waals surface area contributed by atoms with E-state index in [1.165, 1.54) is 0 Å². The van der Waals surface area contributed by atoms with E-state index in [0.717, 1.165) is 31.8 Å². The maximum absolute atomic E-state index is 11.4. The van der Waals surface area contributed by atoms with Gasteiger partial charge in [0.05, 0.1) is 0 Å². The Bertz CT molecular complexity index is 295. The lowest BCUT2D eigenvalue weighted by molar-refractivity contribution is -0.214. The zero-order chi connectivity index (χ0) is 10.6. The first-order valence-corrected chi connectivity index (χ1v) is 5.36. The minimum Gasteiger partial charge on any atom is -0.303 e. The molecule has 0 aromatic heterocycles. The van der Waals surface area contributed by atoms with Gasteiger partial charge in [-0.3, -0.25) is 0 Å². The van der Waals surface area contributed by atoms with Crippen molar-refractivity contribution in [3.05, 3.63) is 0 Å². The summed E-state index contributed by atoms with van der Waals surface area (Å²) in [7, 11) is 0. The molecule has 3 fully saturated rings. The number of rotatable bonds is 2. The summed E-state index contributed by atoms with van der Waals surface area (Å²) in [6.45, 7) is 6.22. The second-order valence-electron chi connectivity index (χ2n) is 5.79. The van der Waals surface area contributed by atoms with E-state index in [4.69, 9.17) is 0 Å². The van der Waals surface area contributed by atoms with Crippen molar-refractivity contribution < 1.29 is 9.59 Å². The second kappa shape index (κ2) is 2.47. The fraction of sp³-hybridized carbons (Fsp3) is 0.833. The third-order valence-electron chi connectivity index (χ3n) is 5.23. The number of carbonyl (C=O) groups is 2. The lowest BCUT2D eigenvalue weighted by Gasteiger charge is -2.69. The molecule has 14 heavy (non-hydrogen) atoms. The zero-order valence-electron chi connectivity index (χ0n) is 9.17. The van der Waals surface area contributed by atoms with Gasteiger partial charge in [0.2, 0.25) is 0 Å². The average Bonchev–Trinajstić information content (AvgIpc) is 2.17. The van der Waals surface area contributed by atoms with Crippen molar-refractivity contribution >= 4 is 12.6 Å². The topological polar surface area (TPSA) is 34.1 Å². The van der Waals surface area contributed by atoms with Crippen LogP contribution in [-0.4, -0.2) is 12.6 Å². The van der Waals surface area contributed by atoms with Crippen LogP contribution in [0.4, 0.5) is 0 Å². The largest absolute Gasteiger partial charge is 0.303 e. The fourth-order valence-electron chi connectivity index (χ4n) is 3.77. The first-order valence-electron chi connectivity index (χ1n) is 5.36. The maximum Gasteiger partial charge on any atom is 0.127 e. The van der Waals surface area contributed by atoms with Gasteiger partial charge in [0.1, 0.15) is 12.6 Å². The van der Waals surface area contributed by atoms with E-state index in [2.05, 4.69) is 13.8 Å². The Morgan fingerprint density at radius 1 is 1.14 bits per heavy atom. The lowest BCUT2D eigenvalue weighted by Crippen LogP contribution is -2.67. The normalized spacial score (nSPS) is 49.2. The molecular formula is C12H18O2. The average molecular weight is 194 g/mol. The molecule has 3 rings (SSSR count). The Labute approximate surface area is 85.1 Å². The molecule has 2 heteroatoms. The van der Waals surface area contributed by atoms with Crippen molar-refractivity contribution in [2.75, 3.05) is 0 Å². The summed E-state index contributed by atoms with van der Waals surface area (Å²) in [4.78, 5) is 22.6. The molecule has 3 saturated carbocycles. The first kappa shape index (κ1) is 9.88. The van der Waals surface area contributed by atoms with Gasteiger partial charge < -0.3 is 9.59 Å². The fourth-order valence-corrected chi connectivity index (χ4v) is 3.77. The van der Waals surface area contributed by atoms with Gasteiger partial charge >= 0.3 is 0 Å². The van der Waals surface area contributed by atoms with Crippen LogP contribution >= 0.6 is 0 Å². The van der Waals surface area contributed by atoms with Crippen LogP contribution in [0.15, 0.2) is 0 Å². The molecule has 0 aromatic rings. The molecule has 0 saturated heterocycles. The van der Waals surface area contributed by atoms with Crippen LogP contribution in [0.25, 0.3) is 0 Å². The van der Waals surface area contributed by atoms with Gasteiger partial charge in [-0.2, -0.15) is 0 Å². The van der Waals surface area contributed by atoms with Crippen molar-refractivity contribution in [1.82, 2.24) is 0 Å². The van der Waals surface area contributed by atoms with Gasteiger partial charge in [0.25, 0.3) is 0 Å². The van der Waals surface area contributed by atoms with Crippen LogP contribution < -0.4 is 0 Å². The number of aldehydes is 2. The number of hydrogen-bond acceptors (Lipinski definition) is 2. The minimum absolute atomic E-state index is 0.0165. The molecule has 0 heterocycles. The van der Waals surface area contributed by atoms with E-state index >= 15 is 0 Å². The molecule has 0 spiro atoms. The Morgan fingerprint density at radius 2 is 1.79 bits per heavy atom. The molecule has 3 unspecified atom stereocenters. The highest BCUT2D eigenvalue weighted by atomic mass is 16.1. The Balaban J connectivity index is 2.48. The third-order valence-corrected chi connectivity index (χ3v) is 5.23. The zero-order valence-corrected chi connectivity index (χ0v) is 9.17. The molecule has 0 radical (unpaired) electrons. The van der Waals surface area contributed by atoms with Crippen molar-refractivity contribution in [3.8, 4) is 0 Å². The Kier molecular flexibility index (Phi) is 1.74. The van der Waals surface area contributed by atoms with Gasteiger partial charge in [-0.15, -0.1) is 0 Å². The van der Waals surface area contributed by atoms with E-state index in [1.54, 1.807) is 0 Å². The van der Waals surface area contributed by atoms with Gasteiger partial charge in [-0.05, 0) is 30.6 Å². The number of hydrogen-bond donors (Lipinski definition) is 0. The molecule has 3 atom stereocenters. The van der Waals surface area contributed by atoms with Gasteiger partial charge in [0.15, 0.2) is 0 Å². The summed E-state index contributed by atoms with van der Waals surface area (Å²) < 4.78 is 0. The summed E-state index contributed by atoms with van der Waals surface area (Å²) in [6, 6.07) is 0. The Hall–Kier alpha value is -0.660.